The van der Waals surface area contributed by atoms with Crippen LogP contribution in [0.3, 0.4) is 0 Å². The first-order chi connectivity index (χ1) is 8.60. The maximum absolute atomic E-state index is 13.5. The predicted octanol–water partition coefficient (Wildman–Crippen LogP) is 3.91. The Bertz CT molecular complexity index is 585. The van der Waals surface area contributed by atoms with Gasteiger partial charge in [-0.2, -0.15) is 0 Å². The minimum Gasteiger partial charge on any atom is -0.497 e. The van der Waals surface area contributed by atoms with Crippen molar-refractivity contribution in [2.75, 3.05) is 12.4 Å². The van der Waals surface area contributed by atoms with Gasteiger partial charge in [0.05, 0.1) is 22.1 Å². The van der Waals surface area contributed by atoms with Gasteiger partial charge < -0.3 is 10.1 Å². The van der Waals surface area contributed by atoms with E-state index in [-0.39, 0.29) is 11.6 Å². The highest BCUT2D eigenvalue weighted by molar-refractivity contribution is 9.11. The van der Waals surface area contributed by atoms with Crippen LogP contribution in [0.1, 0.15) is 10.4 Å². The normalized spacial score (nSPS) is 10.2. The van der Waals surface area contributed by atoms with Crippen molar-refractivity contribution in [1.82, 2.24) is 0 Å². The maximum Gasteiger partial charge on any atom is 0.256 e. The number of halogens is 2. The number of amides is 1. The lowest BCUT2D eigenvalue weighted by Crippen LogP contribution is -2.12. The molecule has 0 aliphatic carbocycles. The summed E-state index contributed by atoms with van der Waals surface area (Å²) >= 11 is 4.66. The van der Waals surface area contributed by atoms with Crippen molar-refractivity contribution in [3.05, 3.63) is 44.8 Å². The van der Waals surface area contributed by atoms with Gasteiger partial charge in [-0.05, 0) is 34.1 Å². The predicted molar refractivity (Wildman–Crippen MR) is 72.9 cm³/mol. The van der Waals surface area contributed by atoms with Crippen LogP contribution in [0.5, 0.6) is 5.75 Å². The standard InChI is InChI=1S/C12H9BrFNO2S/c1-17-8-2-3-9(14)10(5-8)15-12(16)7-4-11(13)18-6-7/h2-6H,1H3,(H,15,16). The molecule has 0 bridgehead atoms. The SMILES string of the molecule is COc1ccc(F)c(NC(=O)c2csc(Br)c2)c1. The van der Waals surface area contributed by atoms with Crippen molar-refractivity contribution < 1.29 is 13.9 Å². The fourth-order valence-electron chi connectivity index (χ4n) is 1.35. The van der Waals surface area contributed by atoms with Gasteiger partial charge in [-0.3, -0.25) is 4.79 Å². The van der Waals surface area contributed by atoms with Crippen LogP contribution in [0, 0.1) is 5.82 Å². The number of hydrogen-bond acceptors (Lipinski definition) is 3. The van der Waals surface area contributed by atoms with Crippen LogP contribution in [-0.4, -0.2) is 13.0 Å². The van der Waals surface area contributed by atoms with E-state index in [4.69, 9.17) is 4.74 Å². The summed E-state index contributed by atoms with van der Waals surface area (Å²) < 4.78 is 19.3. The third-order valence-corrected chi connectivity index (χ3v) is 3.76. The molecular formula is C12H9BrFNO2S. The second-order valence-electron chi connectivity index (χ2n) is 3.44. The molecule has 1 aromatic carbocycles. The Morgan fingerprint density at radius 1 is 1.44 bits per heavy atom. The zero-order chi connectivity index (χ0) is 13.1. The van der Waals surface area contributed by atoms with E-state index in [1.807, 2.05) is 0 Å². The molecule has 0 aliphatic heterocycles. The number of anilines is 1. The average molecular weight is 330 g/mol. The molecule has 2 rings (SSSR count). The van der Waals surface area contributed by atoms with Crippen molar-refractivity contribution >= 4 is 38.9 Å². The smallest absolute Gasteiger partial charge is 0.256 e. The van der Waals surface area contributed by atoms with E-state index < -0.39 is 5.82 Å². The number of ether oxygens (including phenoxy) is 1. The first-order valence-electron chi connectivity index (χ1n) is 4.99. The molecule has 0 spiro atoms. The number of methoxy groups -OCH3 is 1. The summed E-state index contributed by atoms with van der Waals surface area (Å²) in [6, 6.07) is 5.86. The van der Waals surface area contributed by atoms with Gasteiger partial charge in [0, 0.05) is 11.4 Å². The van der Waals surface area contributed by atoms with Crippen LogP contribution < -0.4 is 10.1 Å². The molecule has 1 heterocycles. The molecule has 1 N–H and O–H groups in total. The molecule has 0 unspecified atom stereocenters. The van der Waals surface area contributed by atoms with Gasteiger partial charge in [-0.25, -0.2) is 4.39 Å². The van der Waals surface area contributed by atoms with E-state index in [1.165, 1.54) is 36.6 Å². The topological polar surface area (TPSA) is 38.3 Å². The van der Waals surface area contributed by atoms with Gasteiger partial charge in [-0.1, -0.05) is 0 Å². The summed E-state index contributed by atoms with van der Waals surface area (Å²) in [6.45, 7) is 0. The van der Waals surface area contributed by atoms with Gasteiger partial charge in [-0.15, -0.1) is 11.3 Å². The molecule has 94 valence electrons. The first kappa shape index (κ1) is 13.0. The highest BCUT2D eigenvalue weighted by Crippen LogP contribution is 2.24. The molecule has 1 aromatic heterocycles. The van der Waals surface area contributed by atoms with Crippen LogP contribution in [0.25, 0.3) is 0 Å². The van der Waals surface area contributed by atoms with E-state index in [2.05, 4.69) is 21.2 Å². The summed E-state index contributed by atoms with van der Waals surface area (Å²) in [5.41, 5.74) is 0.579. The van der Waals surface area contributed by atoms with Crippen LogP contribution in [0.15, 0.2) is 33.4 Å². The fourth-order valence-corrected chi connectivity index (χ4v) is 2.49. The number of hydrogen-bond donors (Lipinski definition) is 1. The Morgan fingerprint density at radius 3 is 2.83 bits per heavy atom. The summed E-state index contributed by atoms with van der Waals surface area (Å²) in [7, 11) is 1.48. The molecule has 6 heteroatoms. The fraction of sp³-hybridized carbons (Fsp3) is 0.0833. The van der Waals surface area contributed by atoms with Crippen LogP contribution >= 0.6 is 27.3 Å². The molecule has 18 heavy (non-hydrogen) atoms. The summed E-state index contributed by atoms with van der Waals surface area (Å²) in [6.07, 6.45) is 0. The van der Waals surface area contributed by atoms with E-state index in [0.717, 1.165) is 3.79 Å². The van der Waals surface area contributed by atoms with Crippen LogP contribution in [0.4, 0.5) is 10.1 Å². The molecule has 0 aliphatic rings. The Balaban J connectivity index is 2.21. The summed E-state index contributed by atoms with van der Waals surface area (Å²) in [5.74, 6) is -0.374. The monoisotopic (exact) mass is 329 g/mol. The number of carbonyl (C=O) groups excluding carboxylic acids is 1. The largest absolute Gasteiger partial charge is 0.497 e. The van der Waals surface area contributed by atoms with E-state index in [0.29, 0.717) is 11.3 Å². The molecular weight excluding hydrogens is 321 g/mol. The molecule has 0 fully saturated rings. The second kappa shape index (κ2) is 5.49. The zero-order valence-electron chi connectivity index (χ0n) is 9.37. The van der Waals surface area contributed by atoms with Gasteiger partial charge in [0.1, 0.15) is 11.6 Å². The quantitative estimate of drug-likeness (QED) is 0.927. The minimum absolute atomic E-state index is 0.0988. The Hall–Kier alpha value is -1.40. The highest BCUT2D eigenvalue weighted by atomic mass is 79.9. The zero-order valence-corrected chi connectivity index (χ0v) is 11.8. The number of thiophene rings is 1. The maximum atomic E-state index is 13.5. The molecule has 0 atom stereocenters. The van der Waals surface area contributed by atoms with Crippen molar-refractivity contribution in [3.8, 4) is 5.75 Å². The lowest BCUT2D eigenvalue weighted by molar-refractivity contribution is 0.102. The van der Waals surface area contributed by atoms with Crippen molar-refractivity contribution in [3.63, 3.8) is 0 Å². The third-order valence-electron chi connectivity index (χ3n) is 2.25. The summed E-state index contributed by atoms with van der Waals surface area (Å²) in [5, 5.41) is 4.20. The number of benzene rings is 1. The van der Waals surface area contributed by atoms with Gasteiger partial charge in [0.25, 0.3) is 5.91 Å². The van der Waals surface area contributed by atoms with Crippen LogP contribution in [-0.2, 0) is 0 Å². The highest BCUT2D eigenvalue weighted by Gasteiger charge is 2.11. The first-order valence-corrected chi connectivity index (χ1v) is 6.66. The number of carbonyl (C=O) groups is 1. The average Bonchev–Trinajstić information content (AvgIpc) is 2.79. The Labute approximate surface area is 116 Å². The van der Waals surface area contributed by atoms with E-state index >= 15 is 0 Å². The van der Waals surface area contributed by atoms with E-state index in [9.17, 15) is 9.18 Å². The molecule has 3 nitrogen and oxygen atoms in total. The molecule has 2 aromatic rings. The van der Waals surface area contributed by atoms with Gasteiger partial charge in [0.15, 0.2) is 0 Å². The molecule has 0 radical (unpaired) electrons. The molecule has 1 amide bonds. The minimum atomic E-state index is -0.501. The second-order valence-corrected chi connectivity index (χ2v) is 5.73. The Morgan fingerprint density at radius 2 is 2.22 bits per heavy atom. The third kappa shape index (κ3) is 2.88. The number of rotatable bonds is 3. The Kier molecular flexibility index (Phi) is 3.98. The van der Waals surface area contributed by atoms with Crippen LogP contribution in [0.2, 0.25) is 0 Å². The molecule has 0 saturated heterocycles. The summed E-state index contributed by atoms with van der Waals surface area (Å²) in [4.78, 5) is 11.8. The van der Waals surface area contributed by atoms with Crippen molar-refractivity contribution in [2.45, 2.75) is 0 Å². The van der Waals surface area contributed by atoms with E-state index in [1.54, 1.807) is 11.4 Å². The van der Waals surface area contributed by atoms with Gasteiger partial charge in [0.2, 0.25) is 0 Å². The van der Waals surface area contributed by atoms with Crippen molar-refractivity contribution in [1.29, 1.82) is 0 Å². The lowest BCUT2D eigenvalue weighted by Gasteiger charge is -2.07. The molecule has 0 saturated carbocycles. The lowest BCUT2D eigenvalue weighted by atomic mass is 10.2. The van der Waals surface area contributed by atoms with Gasteiger partial charge >= 0.3 is 0 Å². The van der Waals surface area contributed by atoms with Crippen molar-refractivity contribution in [2.24, 2.45) is 0 Å². The number of nitrogens with one attached hydrogen (secondary N) is 1.